The molecule has 2 aliphatic carbocycles. The molecule has 11 heteroatoms. The van der Waals surface area contributed by atoms with Gasteiger partial charge in [-0.15, -0.1) is 0 Å². The fourth-order valence-corrected chi connectivity index (χ4v) is 4.27. The Balaban J connectivity index is 1.58. The van der Waals surface area contributed by atoms with Crippen LogP contribution in [0.4, 0.5) is 36.6 Å². The van der Waals surface area contributed by atoms with E-state index < -0.39 is 54.0 Å². The maximum Gasteiger partial charge on any atom is 0.313 e. The fraction of sp³-hybridized carbons (Fsp3) is 0.524. The van der Waals surface area contributed by atoms with Crippen molar-refractivity contribution in [2.45, 2.75) is 56.3 Å². The van der Waals surface area contributed by atoms with Crippen molar-refractivity contribution in [1.29, 1.82) is 0 Å². The minimum Gasteiger partial charge on any atom is -0.311 e. The van der Waals surface area contributed by atoms with E-state index in [1.165, 1.54) is 11.7 Å². The Hall–Kier alpha value is -2.59. The smallest absolute Gasteiger partial charge is 0.311 e. The zero-order valence-electron chi connectivity index (χ0n) is 17.0. The van der Waals surface area contributed by atoms with E-state index in [9.17, 15) is 35.5 Å². The molecule has 174 valence electrons. The van der Waals surface area contributed by atoms with Gasteiger partial charge in [0, 0.05) is 43.9 Å². The van der Waals surface area contributed by atoms with Gasteiger partial charge in [0.2, 0.25) is 5.91 Å². The summed E-state index contributed by atoms with van der Waals surface area (Å²) in [7, 11) is 1.47. The number of carbonyl (C=O) groups is 1. The first kappa shape index (κ1) is 22.6. The number of amides is 1. The summed E-state index contributed by atoms with van der Waals surface area (Å²) < 4.78 is 95.8. The lowest BCUT2D eigenvalue weighted by molar-refractivity contribution is -0.313. The van der Waals surface area contributed by atoms with Gasteiger partial charge in [0.25, 0.3) is 0 Å². The third-order valence-corrected chi connectivity index (χ3v) is 6.29. The number of aryl methyl sites for hydroxylation is 1. The molecule has 32 heavy (non-hydrogen) atoms. The zero-order chi connectivity index (χ0) is 23.4. The molecule has 0 radical (unpaired) electrons. The summed E-state index contributed by atoms with van der Waals surface area (Å²) in [6.45, 7) is 0. The van der Waals surface area contributed by atoms with Crippen LogP contribution >= 0.6 is 0 Å². The fourth-order valence-electron chi connectivity index (χ4n) is 4.27. The van der Waals surface area contributed by atoms with Crippen molar-refractivity contribution in [3.63, 3.8) is 0 Å². The van der Waals surface area contributed by atoms with Gasteiger partial charge >= 0.3 is 11.8 Å². The Morgan fingerprint density at radius 2 is 1.88 bits per heavy atom. The summed E-state index contributed by atoms with van der Waals surface area (Å²) in [5, 5.41) is 6.73. The van der Waals surface area contributed by atoms with Crippen LogP contribution in [0.1, 0.15) is 54.8 Å². The number of alkyl halides is 4. The number of halogens is 7. The molecular weight excluding hydrogens is 443 g/mol. The molecule has 1 amide bonds. The highest BCUT2D eigenvalue weighted by atomic mass is 19.3. The SMILES string of the molecule is Cn1nc(Cc2cc(F)cc(F)c2F)c(C2CCC2)c1NC(=O)C[C@H]1CC(F)(F)C1(F)F. The number of nitrogens with one attached hydrogen (secondary N) is 1. The van der Waals surface area contributed by atoms with Gasteiger partial charge in [-0.1, -0.05) is 6.42 Å². The van der Waals surface area contributed by atoms with Crippen LogP contribution in [0.25, 0.3) is 0 Å². The molecule has 2 aromatic rings. The normalized spacial score (nSPS) is 21.7. The molecule has 0 spiro atoms. The van der Waals surface area contributed by atoms with Crippen LogP contribution < -0.4 is 5.32 Å². The van der Waals surface area contributed by atoms with Gasteiger partial charge in [-0.05, 0) is 30.4 Å². The molecule has 1 N–H and O–H groups in total. The Morgan fingerprint density at radius 3 is 2.44 bits per heavy atom. The molecule has 4 rings (SSSR count). The Morgan fingerprint density at radius 1 is 1.19 bits per heavy atom. The Kier molecular flexibility index (Phi) is 5.49. The van der Waals surface area contributed by atoms with Gasteiger partial charge in [-0.25, -0.2) is 13.2 Å². The van der Waals surface area contributed by atoms with E-state index in [1.54, 1.807) is 0 Å². The lowest BCUT2D eigenvalue weighted by Crippen LogP contribution is -2.59. The van der Waals surface area contributed by atoms with E-state index >= 15 is 0 Å². The van der Waals surface area contributed by atoms with Crippen LogP contribution in [0, 0.1) is 23.4 Å². The molecule has 0 saturated heterocycles. The van der Waals surface area contributed by atoms with E-state index in [4.69, 9.17) is 0 Å². The van der Waals surface area contributed by atoms with Gasteiger partial charge in [0.15, 0.2) is 11.6 Å². The highest BCUT2D eigenvalue weighted by Crippen LogP contribution is 2.56. The summed E-state index contributed by atoms with van der Waals surface area (Å²) in [6, 6.07) is 1.28. The Bertz CT molecular complexity index is 1060. The topological polar surface area (TPSA) is 46.9 Å². The number of nitrogens with zero attached hydrogens (tertiary/aromatic N) is 2. The molecule has 1 aromatic carbocycles. The van der Waals surface area contributed by atoms with Gasteiger partial charge in [-0.3, -0.25) is 9.48 Å². The standard InChI is InChI=1S/C21H20F7N3O/c1-31-19(29-16(32)7-12-9-20(25,26)21(12,27)28)17(10-3-2-4-10)15(30-31)6-11-5-13(22)8-14(23)18(11)24/h5,8,10,12H,2-4,6-7,9H2,1H3,(H,29,32)/t12-/m0/s1. The first-order valence-corrected chi connectivity index (χ1v) is 10.2. The molecule has 2 aliphatic rings. The minimum atomic E-state index is -4.25. The minimum absolute atomic E-state index is 0.0649. The molecule has 0 unspecified atom stereocenters. The van der Waals surface area contributed by atoms with Gasteiger partial charge in [0.1, 0.15) is 11.6 Å². The molecule has 1 aromatic heterocycles. The van der Waals surface area contributed by atoms with Crippen LogP contribution in [0.15, 0.2) is 12.1 Å². The first-order valence-electron chi connectivity index (χ1n) is 10.2. The van der Waals surface area contributed by atoms with Gasteiger partial charge in [-0.2, -0.15) is 22.7 Å². The highest BCUT2D eigenvalue weighted by molar-refractivity contribution is 5.91. The summed E-state index contributed by atoms with van der Waals surface area (Å²) in [5.74, 6) is -14.4. The summed E-state index contributed by atoms with van der Waals surface area (Å²) in [4.78, 5) is 12.4. The van der Waals surface area contributed by atoms with Crippen molar-refractivity contribution in [2.75, 3.05) is 5.32 Å². The van der Waals surface area contributed by atoms with E-state index in [-0.39, 0.29) is 29.4 Å². The van der Waals surface area contributed by atoms with Crippen LogP contribution in [0.5, 0.6) is 0 Å². The maximum absolute atomic E-state index is 14.2. The molecular formula is C21H20F7N3O. The van der Waals surface area contributed by atoms with Crippen molar-refractivity contribution in [3.8, 4) is 0 Å². The number of hydrogen-bond acceptors (Lipinski definition) is 2. The zero-order valence-corrected chi connectivity index (χ0v) is 17.0. The lowest BCUT2D eigenvalue weighted by Gasteiger charge is -2.43. The largest absolute Gasteiger partial charge is 0.313 e. The summed E-state index contributed by atoms with van der Waals surface area (Å²) in [5.41, 5.74) is 0.564. The average Bonchev–Trinajstić information content (AvgIpc) is 2.92. The van der Waals surface area contributed by atoms with Crippen molar-refractivity contribution in [1.82, 2.24) is 9.78 Å². The van der Waals surface area contributed by atoms with Crippen LogP contribution in [-0.4, -0.2) is 27.5 Å². The highest BCUT2D eigenvalue weighted by Gasteiger charge is 2.71. The molecule has 0 aliphatic heterocycles. The number of hydrogen-bond donors (Lipinski definition) is 1. The second-order valence-corrected chi connectivity index (χ2v) is 8.48. The third kappa shape index (κ3) is 3.75. The molecule has 1 heterocycles. The van der Waals surface area contributed by atoms with E-state index in [0.29, 0.717) is 11.6 Å². The number of aromatic nitrogens is 2. The maximum atomic E-state index is 14.2. The quantitative estimate of drug-likeness (QED) is 0.466. The summed E-state index contributed by atoms with van der Waals surface area (Å²) in [6.07, 6.45) is 0.228. The van der Waals surface area contributed by atoms with Crippen molar-refractivity contribution < 1.29 is 35.5 Å². The predicted octanol–water partition coefficient (Wildman–Crippen LogP) is 5.31. The third-order valence-electron chi connectivity index (χ3n) is 6.29. The van der Waals surface area contributed by atoms with Crippen molar-refractivity contribution in [2.24, 2.45) is 13.0 Å². The van der Waals surface area contributed by atoms with Crippen LogP contribution in [-0.2, 0) is 18.3 Å². The number of rotatable bonds is 6. The number of carbonyl (C=O) groups excluding carboxylic acids is 1. The molecule has 0 bridgehead atoms. The predicted molar refractivity (Wildman–Crippen MR) is 100 cm³/mol. The van der Waals surface area contributed by atoms with Crippen molar-refractivity contribution >= 4 is 11.7 Å². The first-order chi connectivity index (χ1) is 14.9. The molecule has 1 atom stereocenters. The number of benzene rings is 1. The van der Waals surface area contributed by atoms with E-state index in [1.807, 2.05) is 0 Å². The van der Waals surface area contributed by atoms with E-state index in [0.717, 1.165) is 25.3 Å². The molecule has 2 saturated carbocycles. The van der Waals surface area contributed by atoms with Crippen LogP contribution in [0.2, 0.25) is 0 Å². The second kappa shape index (κ2) is 7.77. The summed E-state index contributed by atoms with van der Waals surface area (Å²) >= 11 is 0. The average molecular weight is 463 g/mol. The lowest BCUT2D eigenvalue weighted by atomic mass is 9.74. The van der Waals surface area contributed by atoms with Crippen LogP contribution in [0.3, 0.4) is 0 Å². The molecule has 2 fully saturated rings. The molecule has 4 nitrogen and oxygen atoms in total. The van der Waals surface area contributed by atoms with Gasteiger partial charge in [0.05, 0.1) is 5.69 Å². The monoisotopic (exact) mass is 463 g/mol. The van der Waals surface area contributed by atoms with Gasteiger partial charge < -0.3 is 5.32 Å². The number of anilines is 1. The second-order valence-electron chi connectivity index (χ2n) is 8.48. The van der Waals surface area contributed by atoms with Crippen molar-refractivity contribution in [3.05, 3.63) is 46.4 Å². The Labute approximate surface area is 178 Å². The van der Waals surface area contributed by atoms with E-state index in [2.05, 4.69) is 10.4 Å².